The minimum atomic E-state index is -1.29. The average molecular weight is 360 g/mol. The predicted octanol–water partition coefficient (Wildman–Crippen LogP) is -1.52. The number of aliphatic hydroxyl groups is 1. The van der Waals surface area contributed by atoms with Crippen LogP contribution in [0.15, 0.2) is 6.20 Å². The number of aromatic nitrogens is 2. The zero-order chi connectivity index (χ0) is 18.4. The summed E-state index contributed by atoms with van der Waals surface area (Å²) >= 11 is 0. The third-order valence-corrected chi connectivity index (χ3v) is 5.12. The Morgan fingerprint density at radius 3 is 2.62 bits per heavy atom. The highest BCUT2D eigenvalue weighted by molar-refractivity contribution is 6.05. The first-order chi connectivity index (χ1) is 12.5. The quantitative estimate of drug-likeness (QED) is 0.611. The van der Waals surface area contributed by atoms with Gasteiger partial charge in [-0.05, 0) is 13.5 Å². The lowest BCUT2D eigenvalue weighted by atomic mass is 10.0. The van der Waals surface area contributed by atoms with Gasteiger partial charge in [0.2, 0.25) is 17.8 Å². The SMILES string of the molecule is CN1CCN(c2ncc3c(n2)C(=O)N(C2CCC(=O)NC2=O)C3O)CC1. The molecule has 3 aliphatic heterocycles. The Hall–Kier alpha value is -2.59. The molecule has 4 heterocycles. The van der Waals surface area contributed by atoms with Crippen molar-refractivity contribution in [2.75, 3.05) is 38.1 Å². The molecule has 3 aliphatic rings. The zero-order valence-corrected chi connectivity index (χ0v) is 14.4. The van der Waals surface area contributed by atoms with Crippen LogP contribution in [0.4, 0.5) is 5.95 Å². The Morgan fingerprint density at radius 2 is 1.92 bits per heavy atom. The van der Waals surface area contributed by atoms with Crippen LogP contribution in [-0.4, -0.2) is 81.9 Å². The molecule has 0 aromatic carbocycles. The van der Waals surface area contributed by atoms with Gasteiger partial charge in [0, 0.05) is 38.8 Å². The molecule has 1 aromatic rings. The summed E-state index contributed by atoms with van der Waals surface area (Å²) in [6.45, 7) is 3.25. The Morgan fingerprint density at radius 1 is 1.19 bits per heavy atom. The number of hydrogen-bond donors (Lipinski definition) is 2. The van der Waals surface area contributed by atoms with Gasteiger partial charge < -0.3 is 14.9 Å². The highest BCUT2D eigenvalue weighted by Crippen LogP contribution is 2.34. The van der Waals surface area contributed by atoms with Crippen LogP contribution in [0.3, 0.4) is 0 Å². The fourth-order valence-corrected chi connectivity index (χ4v) is 3.54. The number of nitrogens with zero attached hydrogens (tertiary/aromatic N) is 5. The van der Waals surface area contributed by atoms with E-state index in [1.165, 1.54) is 6.20 Å². The third-order valence-electron chi connectivity index (χ3n) is 5.12. The summed E-state index contributed by atoms with van der Waals surface area (Å²) in [7, 11) is 2.04. The Labute approximate surface area is 149 Å². The van der Waals surface area contributed by atoms with Crippen molar-refractivity contribution in [3.05, 3.63) is 17.5 Å². The second-order valence-electron chi connectivity index (χ2n) is 6.82. The molecule has 10 heteroatoms. The van der Waals surface area contributed by atoms with E-state index < -0.39 is 24.1 Å². The van der Waals surface area contributed by atoms with Crippen molar-refractivity contribution >= 4 is 23.7 Å². The molecular formula is C16H20N6O4. The molecule has 1 aromatic heterocycles. The summed E-state index contributed by atoms with van der Waals surface area (Å²) in [4.78, 5) is 50.2. The highest BCUT2D eigenvalue weighted by atomic mass is 16.3. The summed E-state index contributed by atoms with van der Waals surface area (Å²) in [5.74, 6) is -1.02. The monoisotopic (exact) mass is 360 g/mol. The number of anilines is 1. The summed E-state index contributed by atoms with van der Waals surface area (Å²) in [6, 6.07) is -0.892. The zero-order valence-electron chi connectivity index (χ0n) is 14.4. The minimum absolute atomic E-state index is 0.117. The molecule has 0 saturated carbocycles. The molecule has 2 N–H and O–H groups in total. The fourth-order valence-electron chi connectivity index (χ4n) is 3.54. The van der Waals surface area contributed by atoms with Crippen LogP contribution in [0, 0.1) is 0 Å². The van der Waals surface area contributed by atoms with Crippen LogP contribution in [0.5, 0.6) is 0 Å². The van der Waals surface area contributed by atoms with Crippen LogP contribution < -0.4 is 10.2 Å². The van der Waals surface area contributed by atoms with Crippen LogP contribution in [0.1, 0.15) is 35.1 Å². The molecule has 0 aliphatic carbocycles. The predicted molar refractivity (Wildman–Crippen MR) is 89.0 cm³/mol. The molecule has 3 amide bonds. The number of imide groups is 1. The molecule has 0 radical (unpaired) electrons. The number of amides is 3. The lowest BCUT2D eigenvalue weighted by Crippen LogP contribution is -2.53. The Kier molecular flexibility index (Phi) is 4.08. The summed E-state index contributed by atoms with van der Waals surface area (Å²) in [6.07, 6.45) is 0.467. The van der Waals surface area contributed by atoms with E-state index in [4.69, 9.17) is 0 Å². The van der Waals surface area contributed by atoms with Gasteiger partial charge in [0.05, 0.1) is 5.56 Å². The number of fused-ring (bicyclic) bond motifs is 1. The minimum Gasteiger partial charge on any atom is -0.369 e. The van der Waals surface area contributed by atoms with Crippen molar-refractivity contribution in [2.45, 2.75) is 25.1 Å². The Bertz CT molecular complexity index is 776. The molecule has 4 rings (SSSR count). The lowest BCUT2D eigenvalue weighted by Gasteiger charge is -2.32. The number of aliphatic hydroxyl groups excluding tert-OH is 1. The van der Waals surface area contributed by atoms with E-state index in [1.807, 2.05) is 11.9 Å². The molecular weight excluding hydrogens is 340 g/mol. The van der Waals surface area contributed by atoms with E-state index in [1.54, 1.807) is 0 Å². The van der Waals surface area contributed by atoms with Gasteiger partial charge in [-0.25, -0.2) is 9.97 Å². The smallest absolute Gasteiger partial charge is 0.276 e. The topological polar surface area (TPSA) is 119 Å². The molecule has 10 nitrogen and oxygen atoms in total. The van der Waals surface area contributed by atoms with E-state index in [2.05, 4.69) is 20.2 Å². The summed E-state index contributed by atoms with van der Waals surface area (Å²) < 4.78 is 0. The number of carbonyl (C=O) groups is 3. The Balaban J connectivity index is 1.59. The molecule has 26 heavy (non-hydrogen) atoms. The first-order valence-electron chi connectivity index (χ1n) is 8.60. The number of rotatable bonds is 2. The number of likely N-dealkylation sites (N-methyl/N-ethyl adjacent to an activating group) is 1. The number of carbonyl (C=O) groups excluding carboxylic acids is 3. The van der Waals surface area contributed by atoms with Gasteiger partial charge in [0.15, 0.2) is 6.23 Å². The molecule has 2 fully saturated rings. The number of piperazine rings is 1. The van der Waals surface area contributed by atoms with E-state index >= 15 is 0 Å². The van der Waals surface area contributed by atoms with Crippen LogP contribution in [0.2, 0.25) is 0 Å². The molecule has 0 bridgehead atoms. The number of nitrogens with one attached hydrogen (secondary N) is 1. The van der Waals surface area contributed by atoms with E-state index in [9.17, 15) is 19.5 Å². The van der Waals surface area contributed by atoms with E-state index in [0.717, 1.165) is 31.1 Å². The van der Waals surface area contributed by atoms with Crippen molar-refractivity contribution < 1.29 is 19.5 Å². The average Bonchev–Trinajstić information content (AvgIpc) is 2.87. The van der Waals surface area contributed by atoms with Crippen molar-refractivity contribution in [3.63, 3.8) is 0 Å². The largest absolute Gasteiger partial charge is 0.369 e. The second kappa shape index (κ2) is 6.29. The van der Waals surface area contributed by atoms with Gasteiger partial charge in [-0.1, -0.05) is 0 Å². The lowest BCUT2D eigenvalue weighted by molar-refractivity contribution is -0.139. The standard InChI is InChI=1S/C16H20N6O4/c1-20-4-6-21(7-5-20)16-17-8-9-12(19-16)15(26)22(14(9)25)10-2-3-11(23)18-13(10)24/h8,10,14,25H,2-7H2,1H3,(H,18,23,24). The van der Waals surface area contributed by atoms with Gasteiger partial charge in [0.25, 0.3) is 5.91 Å². The maximum Gasteiger partial charge on any atom is 0.276 e. The molecule has 2 saturated heterocycles. The maximum atomic E-state index is 12.8. The summed E-state index contributed by atoms with van der Waals surface area (Å²) in [5, 5.41) is 12.7. The van der Waals surface area contributed by atoms with Gasteiger partial charge in [0.1, 0.15) is 11.7 Å². The maximum absolute atomic E-state index is 12.8. The van der Waals surface area contributed by atoms with Crippen LogP contribution in [-0.2, 0) is 9.59 Å². The van der Waals surface area contributed by atoms with Crippen molar-refractivity contribution in [1.29, 1.82) is 0 Å². The second-order valence-corrected chi connectivity index (χ2v) is 6.82. The van der Waals surface area contributed by atoms with E-state index in [0.29, 0.717) is 5.95 Å². The fraction of sp³-hybridized carbons (Fsp3) is 0.562. The molecule has 0 spiro atoms. The molecule has 138 valence electrons. The van der Waals surface area contributed by atoms with Gasteiger partial charge in [-0.2, -0.15) is 0 Å². The summed E-state index contributed by atoms with van der Waals surface area (Å²) in [5.41, 5.74) is 0.406. The van der Waals surface area contributed by atoms with Crippen molar-refractivity contribution in [2.24, 2.45) is 0 Å². The molecule has 2 atom stereocenters. The molecule has 2 unspecified atom stereocenters. The first kappa shape index (κ1) is 16.9. The van der Waals surface area contributed by atoms with E-state index in [-0.39, 0.29) is 30.0 Å². The van der Waals surface area contributed by atoms with Crippen molar-refractivity contribution in [1.82, 2.24) is 25.1 Å². The van der Waals surface area contributed by atoms with Gasteiger partial charge in [-0.15, -0.1) is 0 Å². The third kappa shape index (κ3) is 2.71. The van der Waals surface area contributed by atoms with Gasteiger partial charge >= 0.3 is 0 Å². The number of hydrogen-bond acceptors (Lipinski definition) is 8. The normalized spacial score (nSPS) is 26.9. The first-order valence-corrected chi connectivity index (χ1v) is 8.60. The number of piperidine rings is 1. The van der Waals surface area contributed by atoms with Crippen LogP contribution >= 0.6 is 0 Å². The van der Waals surface area contributed by atoms with Crippen molar-refractivity contribution in [3.8, 4) is 0 Å². The van der Waals surface area contributed by atoms with Gasteiger partial charge in [-0.3, -0.25) is 24.6 Å². The highest BCUT2D eigenvalue weighted by Gasteiger charge is 2.45. The van der Waals surface area contributed by atoms with Crippen LogP contribution in [0.25, 0.3) is 0 Å².